The first-order valence-electron chi connectivity index (χ1n) is 8.77. The van der Waals surface area contributed by atoms with Crippen molar-refractivity contribution in [3.05, 3.63) is 90.3 Å². The molecular weight excluding hydrogens is 338 g/mol. The number of methoxy groups -OCH3 is 1. The maximum atomic E-state index is 5.70. The van der Waals surface area contributed by atoms with Crippen molar-refractivity contribution in [3.63, 3.8) is 0 Å². The Morgan fingerprint density at radius 2 is 2.00 bits per heavy atom. The van der Waals surface area contributed by atoms with Gasteiger partial charge in [0, 0.05) is 24.2 Å². The van der Waals surface area contributed by atoms with Crippen LogP contribution in [0.1, 0.15) is 16.8 Å². The third-order valence-electron chi connectivity index (χ3n) is 4.40. The molecule has 0 radical (unpaired) electrons. The van der Waals surface area contributed by atoms with Crippen molar-refractivity contribution in [1.29, 1.82) is 0 Å². The van der Waals surface area contributed by atoms with Crippen LogP contribution in [0.15, 0.2) is 73.5 Å². The van der Waals surface area contributed by atoms with E-state index in [4.69, 9.17) is 9.57 Å². The second-order valence-corrected chi connectivity index (χ2v) is 6.32. The number of hydrogen-bond acceptors (Lipinski definition) is 4. The monoisotopic (exact) mass is 359 g/mol. The van der Waals surface area contributed by atoms with Crippen molar-refractivity contribution < 1.29 is 9.57 Å². The molecule has 2 aromatic carbocycles. The lowest BCUT2D eigenvalue weighted by Gasteiger charge is -2.11. The molecule has 0 bridgehead atoms. The van der Waals surface area contributed by atoms with Crippen molar-refractivity contribution in [2.24, 2.45) is 0 Å². The largest absolute Gasteiger partial charge is 0.495 e. The van der Waals surface area contributed by atoms with Gasteiger partial charge in [-0.1, -0.05) is 36.4 Å². The molecule has 4 rings (SSSR count). The Hall–Kier alpha value is -3.31. The smallest absolute Gasteiger partial charge is 0.143 e. The normalized spacial score (nSPS) is 14.0. The first-order chi connectivity index (χ1) is 13.2. The van der Waals surface area contributed by atoms with E-state index in [1.165, 1.54) is 5.56 Å². The van der Waals surface area contributed by atoms with Gasteiger partial charge in [0.05, 0.1) is 24.8 Å². The molecule has 0 saturated heterocycles. The highest BCUT2D eigenvalue weighted by Crippen LogP contribution is 2.26. The van der Waals surface area contributed by atoms with E-state index in [1.807, 2.05) is 72.6 Å². The fourth-order valence-electron chi connectivity index (χ4n) is 2.99. The Balaban J connectivity index is 1.52. The number of benzene rings is 2. The third kappa shape index (κ3) is 3.78. The van der Waals surface area contributed by atoms with Crippen LogP contribution >= 0.6 is 0 Å². The van der Waals surface area contributed by atoms with Crippen molar-refractivity contribution in [1.82, 2.24) is 14.6 Å². The van der Waals surface area contributed by atoms with E-state index in [0.29, 0.717) is 6.61 Å². The number of ether oxygens (including phenoxy) is 1. The highest BCUT2D eigenvalue weighted by molar-refractivity contribution is 5.67. The standard InChI is InChI=1S/C22H21N3O2/c1-17-13-24(16-23-17)21-9-8-18(12-22(21)26-2)10-11-25-14-20(15-27-25)19-6-4-3-5-7-19/h3-14,16H,15H2,1-2H3/b11-10+. The minimum Gasteiger partial charge on any atom is -0.495 e. The van der Waals surface area contributed by atoms with Crippen LogP contribution in [0.5, 0.6) is 5.75 Å². The molecule has 5 heteroatoms. The van der Waals surface area contributed by atoms with Gasteiger partial charge < -0.3 is 9.30 Å². The molecule has 0 atom stereocenters. The van der Waals surface area contributed by atoms with Crippen LogP contribution in [0.25, 0.3) is 17.3 Å². The molecule has 0 saturated carbocycles. The van der Waals surface area contributed by atoms with Crippen molar-refractivity contribution in [2.45, 2.75) is 6.92 Å². The summed E-state index contributed by atoms with van der Waals surface area (Å²) in [7, 11) is 1.68. The van der Waals surface area contributed by atoms with Gasteiger partial charge in [-0.2, -0.15) is 0 Å². The molecule has 2 heterocycles. The molecule has 0 unspecified atom stereocenters. The Morgan fingerprint density at radius 1 is 1.15 bits per heavy atom. The molecule has 5 nitrogen and oxygen atoms in total. The Kier molecular flexibility index (Phi) is 4.77. The zero-order chi connectivity index (χ0) is 18.6. The summed E-state index contributed by atoms with van der Waals surface area (Å²) >= 11 is 0. The van der Waals surface area contributed by atoms with E-state index >= 15 is 0 Å². The zero-order valence-electron chi connectivity index (χ0n) is 15.4. The van der Waals surface area contributed by atoms with Gasteiger partial charge in [0.25, 0.3) is 0 Å². The quantitative estimate of drug-likeness (QED) is 0.675. The van der Waals surface area contributed by atoms with Gasteiger partial charge in [-0.05, 0) is 36.3 Å². The Labute approximate surface area is 158 Å². The van der Waals surface area contributed by atoms with Crippen LogP contribution in [0, 0.1) is 6.92 Å². The van der Waals surface area contributed by atoms with Crippen LogP contribution < -0.4 is 4.74 Å². The minimum absolute atomic E-state index is 0.566. The molecule has 1 aromatic heterocycles. The van der Waals surface area contributed by atoms with E-state index in [-0.39, 0.29) is 0 Å². The third-order valence-corrected chi connectivity index (χ3v) is 4.40. The SMILES string of the molecule is COc1cc(/C=C/N2C=C(c3ccccc3)CO2)ccc1-n1cnc(C)c1. The minimum atomic E-state index is 0.566. The van der Waals surface area contributed by atoms with Crippen LogP contribution in [-0.4, -0.2) is 28.3 Å². The lowest BCUT2D eigenvalue weighted by Crippen LogP contribution is -2.03. The molecule has 0 spiro atoms. The molecule has 136 valence electrons. The molecule has 1 aliphatic heterocycles. The van der Waals surface area contributed by atoms with E-state index in [9.17, 15) is 0 Å². The second kappa shape index (κ2) is 7.51. The number of aryl methyl sites for hydroxylation is 1. The first kappa shape index (κ1) is 17.1. The van der Waals surface area contributed by atoms with Gasteiger partial charge in [0.2, 0.25) is 0 Å². The summed E-state index contributed by atoms with van der Waals surface area (Å²) in [4.78, 5) is 9.98. The summed E-state index contributed by atoms with van der Waals surface area (Å²) in [6.07, 6.45) is 9.67. The lowest BCUT2D eigenvalue weighted by molar-refractivity contribution is -0.0453. The van der Waals surface area contributed by atoms with E-state index in [1.54, 1.807) is 18.5 Å². The summed E-state index contributed by atoms with van der Waals surface area (Å²) in [6.45, 7) is 2.53. The summed E-state index contributed by atoms with van der Waals surface area (Å²) in [6, 6.07) is 16.3. The number of imidazole rings is 1. The summed E-state index contributed by atoms with van der Waals surface area (Å²) in [5.41, 5.74) is 5.28. The number of hydroxylamine groups is 2. The number of aromatic nitrogens is 2. The lowest BCUT2D eigenvalue weighted by atomic mass is 10.1. The summed E-state index contributed by atoms with van der Waals surface area (Å²) < 4.78 is 7.52. The second-order valence-electron chi connectivity index (χ2n) is 6.32. The van der Waals surface area contributed by atoms with Crippen LogP contribution in [-0.2, 0) is 4.84 Å². The molecule has 0 fully saturated rings. The van der Waals surface area contributed by atoms with Gasteiger partial charge in [-0.25, -0.2) is 10.0 Å². The molecule has 1 aliphatic rings. The number of hydrogen-bond donors (Lipinski definition) is 0. The fraction of sp³-hybridized carbons (Fsp3) is 0.136. The first-order valence-corrected chi connectivity index (χ1v) is 8.77. The average molecular weight is 359 g/mol. The van der Waals surface area contributed by atoms with Gasteiger partial charge in [-0.3, -0.25) is 4.84 Å². The van der Waals surface area contributed by atoms with Crippen molar-refractivity contribution >= 4 is 11.6 Å². The Bertz CT molecular complexity index is 990. The van der Waals surface area contributed by atoms with Gasteiger partial charge in [-0.15, -0.1) is 0 Å². The van der Waals surface area contributed by atoms with E-state index < -0.39 is 0 Å². The van der Waals surface area contributed by atoms with Gasteiger partial charge in [0.15, 0.2) is 0 Å². The molecule has 0 amide bonds. The van der Waals surface area contributed by atoms with Crippen LogP contribution in [0.2, 0.25) is 0 Å². The predicted octanol–water partition coefficient (Wildman–Crippen LogP) is 4.45. The number of nitrogens with zero attached hydrogens (tertiary/aromatic N) is 3. The molecule has 0 N–H and O–H groups in total. The maximum absolute atomic E-state index is 5.70. The van der Waals surface area contributed by atoms with E-state index in [0.717, 1.165) is 28.3 Å². The molecule has 0 aliphatic carbocycles. The highest BCUT2D eigenvalue weighted by atomic mass is 16.7. The molecule has 27 heavy (non-hydrogen) atoms. The summed E-state index contributed by atoms with van der Waals surface area (Å²) in [5.74, 6) is 0.789. The van der Waals surface area contributed by atoms with Crippen LogP contribution in [0.3, 0.4) is 0 Å². The Morgan fingerprint density at radius 3 is 2.74 bits per heavy atom. The van der Waals surface area contributed by atoms with Gasteiger partial charge in [0.1, 0.15) is 12.4 Å². The van der Waals surface area contributed by atoms with Crippen molar-refractivity contribution in [2.75, 3.05) is 13.7 Å². The van der Waals surface area contributed by atoms with Crippen molar-refractivity contribution in [3.8, 4) is 11.4 Å². The molecular formula is C22H21N3O2. The number of rotatable bonds is 5. The zero-order valence-corrected chi connectivity index (χ0v) is 15.4. The fourth-order valence-corrected chi connectivity index (χ4v) is 2.99. The molecule has 3 aromatic rings. The average Bonchev–Trinajstić information content (AvgIpc) is 3.36. The predicted molar refractivity (Wildman–Crippen MR) is 106 cm³/mol. The van der Waals surface area contributed by atoms with Gasteiger partial charge >= 0.3 is 0 Å². The maximum Gasteiger partial charge on any atom is 0.143 e. The highest BCUT2D eigenvalue weighted by Gasteiger charge is 2.12. The van der Waals surface area contributed by atoms with Crippen LogP contribution in [0.4, 0.5) is 0 Å². The summed E-state index contributed by atoms with van der Waals surface area (Å²) in [5, 5.41) is 1.74. The van der Waals surface area contributed by atoms with E-state index in [2.05, 4.69) is 17.1 Å². The topological polar surface area (TPSA) is 39.5 Å².